The molecule has 0 radical (unpaired) electrons. The lowest BCUT2D eigenvalue weighted by Gasteiger charge is -2.22. The molecule has 0 saturated carbocycles. The lowest BCUT2D eigenvalue weighted by molar-refractivity contribution is 0.178. The van der Waals surface area contributed by atoms with Crippen molar-refractivity contribution in [1.82, 2.24) is 10.6 Å². The first kappa shape index (κ1) is 13.9. The Balaban J connectivity index is 1.98. The fraction of sp³-hybridized carbons (Fsp3) is 1.00. The third kappa shape index (κ3) is 5.83. The molecule has 0 aliphatic carbocycles. The molecule has 1 fully saturated rings. The number of ether oxygens (including phenoxy) is 1. The first-order valence-electron chi connectivity index (χ1n) is 6.55. The number of hydrogen-bond donors (Lipinski definition) is 2. The molecule has 1 saturated heterocycles. The van der Waals surface area contributed by atoms with Gasteiger partial charge < -0.3 is 15.4 Å². The van der Waals surface area contributed by atoms with Crippen molar-refractivity contribution in [2.45, 2.75) is 52.1 Å². The summed E-state index contributed by atoms with van der Waals surface area (Å²) >= 11 is 0. The van der Waals surface area contributed by atoms with E-state index >= 15 is 0 Å². The van der Waals surface area contributed by atoms with Gasteiger partial charge in [-0.2, -0.15) is 0 Å². The molecule has 3 nitrogen and oxygen atoms in total. The van der Waals surface area contributed by atoms with E-state index in [9.17, 15) is 0 Å². The molecule has 2 atom stereocenters. The Morgan fingerprint density at radius 2 is 2.06 bits per heavy atom. The molecular formula is C13H28N2O. The molecule has 0 aromatic heterocycles. The standard InChI is InChI=1S/C13H28N2O/c1-11(12-6-9-16-10-12)14-7-5-8-15-13(2,3)4/h11-12,14-15H,5-10H2,1-4H3. The van der Waals surface area contributed by atoms with Gasteiger partial charge in [-0.3, -0.25) is 0 Å². The second-order valence-corrected chi connectivity index (χ2v) is 5.90. The maximum Gasteiger partial charge on any atom is 0.0509 e. The van der Waals surface area contributed by atoms with Gasteiger partial charge in [0.2, 0.25) is 0 Å². The van der Waals surface area contributed by atoms with Gasteiger partial charge in [0.1, 0.15) is 0 Å². The van der Waals surface area contributed by atoms with Crippen LogP contribution >= 0.6 is 0 Å². The summed E-state index contributed by atoms with van der Waals surface area (Å²) in [4.78, 5) is 0. The normalized spacial score (nSPS) is 23.6. The Kier molecular flexibility index (Phi) is 5.73. The summed E-state index contributed by atoms with van der Waals surface area (Å²) in [6.45, 7) is 13.0. The van der Waals surface area contributed by atoms with E-state index in [2.05, 4.69) is 38.3 Å². The number of hydrogen-bond acceptors (Lipinski definition) is 3. The monoisotopic (exact) mass is 228 g/mol. The van der Waals surface area contributed by atoms with Gasteiger partial charge in [-0.15, -0.1) is 0 Å². The van der Waals surface area contributed by atoms with E-state index in [1.165, 1.54) is 12.8 Å². The SMILES string of the molecule is CC(NCCCNC(C)(C)C)C1CCOC1. The molecule has 1 rings (SSSR count). The summed E-state index contributed by atoms with van der Waals surface area (Å²) in [5.41, 5.74) is 0.241. The van der Waals surface area contributed by atoms with Gasteiger partial charge in [0.25, 0.3) is 0 Å². The Morgan fingerprint density at radius 3 is 2.62 bits per heavy atom. The minimum Gasteiger partial charge on any atom is -0.381 e. The molecule has 1 aliphatic heterocycles. The average Bonchev–Trinajstić information content (AvgIpc) is 2.67. The molecule has 0 amide bonds. The molecule has 0 spiro atoms. The summed E-state index contributed by atoms with van der Waals surface area (Å²) in [6, 6.07) is 0.595. The first-order valence-corrected chi connectivity index (χ1v) is 6.55. The maximum atomic E-state index is 5.40. The highest BCUT2D eigenvalue weighted by Crippen LogP contribution is 2.16. The summed E-state index contributed by atoms with van der Waals surface area (Å²) in [7, 11) is 0. The topological polar surface area (TPSA) is 33.3 Å². The molecule has 2 unspecified atom stereocenters. The third-order valence-corrected chi connectivity index (χ3v) is 3.15. The zero-order chi connectivity index (χ0) is 12.0. The molecule has 0 aromatic carbocycles. The van der Waals surface area contributed by atoms with Crippen molar-refractivity contribution >= 4 is 0 Å². The van der Waals surface area contributed by atoms with Gasteiger partial charge in [-0.05, 0) is 59.5 Å². The van der Waals surface area contributed by atoms with Crippen LogP contribution in [-0.4, -0.2) is 37.9 Å². The molecule has 16 heavy (non-hydrogen) atoms. The van der Waals surface area contributed by atoms with Gasteiger partial charge in [-0.25, -0.2) is 0 Å². The third-order valence-electron chi connectivity index (χ3n) is 3.15. The van der Waals surface area contributed by atoms with E-state index in [-0.39, 0.29) is 5.54 Å². The lowest BCUT2D eigenvalue weighted by atomic mass is 10.0. The molecule has 0 aromatic rings. The maximum absolute atomic E-state index is 5.40. The fourth-order valence-electron chi connectivity index (χ4n) is 2.00. The Bertz CT molecular complexity index is 183. The van der Waals surface area contributed by atoms with Crippen LogP contribution in [0.25, 0.3) is 0 Å². The zero-order valence-electron chi connectivity index (χ0n) is 11.3. The minimum absolute atomic E-state index is 0.241. The van der Waals surface area contributed by atoms with Crippen molar-refractivity contribution in [3.8, 4) is 0 Å². The minimum atomic E-state index is 0.241. The summed E-state index contributed by atoms with van der Waals surface area (Å²) in [5.74, 6) is 0.718. The van der Waals surface area contributed by atoms with Crippen LogP contribution in [-0.2, 0) is 4.74 Å². The highest BCUT2D eigenvalue weighted by atomic mass is 16.5. The van der Waals surface area contributed by atoms with Crippen molar-refractivity contribution in [3.05, 3.63) is 0 Å². The molecule has 96 valence electrons. The fourth-order valence-corrected chi connectivity index (χ4v) is 2.00. The van der Waals surface area contributed by atoms with Crippen molar-refractivity contribution in [2.75, 3.05) is 26.3 Å². The van der Waals surface area contributed by atoms with Crippen molar-refractivity contribution < 1.29 is 4.74 Å². The Hall–Kier alpha value is -0.120. The molecule has 3 heteroatoms. The van der Waals surface area contributed by atoms with Gasteiger partial charge in [0.05, 0.1) is 6.61 Å². The van der Waals surface area contributed by atoms with E-state index in [1.54, 1.807) is 0 Å². The van der Waals surface area contributed by atoms with Crippen molar-refractivity contribution in [1.29, 1.82) is 0 Å². The van der Waals surface area contributed by atoms with E-state index in [4.69, 9.17) is 4.74 Å². The van der Waals surface area contributed by atoms with Crippen LogP contribution in [0.1, 0.15) is 40.5 Å². The summed E-state index contributed by atoms with van der Waals surface area (Å²) in [5, 5.41) is 7.09. The molecule has 2 N–H and O–H groups in total. The smallest absolute Gasteiger partial charge is 0.0509 e. The van der Waals surface area contributed by atoms with Gasteiger partial charge >= 0.3 is 0 Å². The molecule has 1 heterocycles. The molecule has 1 aliphatic rings. The van der Waals surface area contributed by atoms with Crippen molar-refractivity contribution in [3.63, 3.8) is 0 Å². The zero-order valence-corrected chi connectivity index (χ0v) is 11.3. The largest absolute Gasteiger partial charge is 0.381 e. The van der Waals surface area contributed by atoms with Gasteiger partial charge in [0, 0.05) is 18.2 Å². The second-order valence-electron chi connectivity index (χ2n) is 5.90. The van der Waals surface area contributed by atoms with Crippen LogP contribution in [0.3, 0.4) is 0 Å². The van der Waals surface area contributed by atoms with Crippen LogP contribution < -0.4 is 10.6 Å². The number of nitrogens with one attached hydrogen (secondary N) is 2. The van der Waals surface area contributed by atoms with Crippen LogP contribution in [0, 0.1) is 5.92 Å². The average molecular weight is 228 g/mol. The van der Waals surface area contributed by atoms with E-state index < -0.39 is 0 Å². The molecular weight excluding hydrogens is 200 g/mol. The summed E-state index contributed by atoms with van der Waals surface area (Å²) in [6.07, 6.45) is 2.41. The Labute approximate surface area is 100 Å². The Morgan fingerprint density at radius 1 is 1.31 bits per heavy atom. The van der Waals surface area contributed by atoms with Gasteiger partial charge in [0.15, 0.2) is 0 Å². The predicted molar refractivity (Wildman–Crippen MR) is 68.8 cm³/mol. The van der Waals surface area contributed by atoms with Crippen LogP contribution in [0.4, 0.5) is 0 Å². The van der Waals surface area contributed by atoms with Crippen LogP contribution in [0.2, 0.25) is 0 Å². The number of rotatable bonds is 6. The quantitative estimate of drug-likeness (QED) is 0.680. The highest BCUT2D eigenvalue weighted by molar-refractivity contribution is 4.76. The van der Waals surface area contributed by atoms with E-state index in [0.717, 1.165) is 32.2 Å². The first-order chi connectivity index (χ1) is 7.49. The van der Waals surface area contributed by atoms with Gasteiger partial charge in [-0.1, -0.05) is 0 Å². The molecule has 0 bridgehead atoms. The highest BCUT2D eigenvalue weighted by Gasteiger charge is 2.21. The van der Waals surface area contributed by atoms with Crippen LogP contribution in [0.15, 0.2) is 0 Å². The predicted octanol–water partition coefficient (Wildman–Crippen LogP) is 1.78. The van der Waals surface area contributed by atoms with E-state index in [1.807, 2.05) is 0 Å². The summed E-state index contributed by atoms with van der Waals surface area (Å²) < 4.78 is 5.40. The lowest BCUT2D eigenvalue weighted by Crippen LogP contribution is -2.39. The second kappa shape index (κ2) is 6.58. The van der Waals surface area contributed by atoms with Crippen molar-refractivity contribution in [2.24, 2.45) is 5.92 Å². The van der Waals surface area contributed by atoms with E-state index in [0.29, 0.717) is 6.04 Å². The van der Waals surface area contributed by atoms with Crippen LogP contribution in [0.5, 0.6) is 0 Å².